The normalized spacial score (nSPS) is 21.3. The van der Waals surface area contributed by atoms with Gasteiger partial charge in [0.2, 0.25) is 5.79 Å². The summed E-state index contributed by atoms with van der Waals surface area (Å²) in [7, 11) is 0. The maximum atomic E-state index is 6.31. The van der Waals surface area contributed by atoms with E-state index in [1.165, 1.54) is 57.8 Å². The second-order valence-electron chi connectivity index (χ2n) is 10.2. The zero-order chi connectivity index (χ0) is 19.5. The van der Waals surface area contributed by atoms with Crippen LogP contribution in [0.1, 0.15) is 112 Å². The first-order valence-corrected chi connectivity index (χ1v) is 10.8. The Labute approximate surface area is 163 Å². The van der Waals surface area contributed by atoms with E-state index in [1.807, 2.05) is 12.5 Å². The molecule has 152 valence electrons. The van der Waals surface area contributed by atoms with Gasteiger partial charge in [0.1, 0.15) is 0 Å². The molecule has 26 heavy (non-hydrogen) atoms. The predicted octanol–water partition coefficient (Wildman–Crippen LogP) is 8.14. The van der Waals surface area contributed by atoms with Crippen molar-refractivity contribution in [2.24, 2.45) is 10.8 Å². The van der Waals surface area contributed by atoms with Crippen molar-refractivity contribution in [3.8, 4) is 0 Å². The van der Waals surface area contributed by atoms with Gasteiger partial charge in [-0.1, -0.05) is 86.5 Å². The van der Waals surface area contributed by atoms with Gasteiger partial charge in [0, 0.05) is 12.8 Å². The summed E-state index contributed by atoms with van der Waals surface area (Å²) in [6.45, 7) is 13.2. The Bertz CT molecular complexity index is 380. The molecule has 1 fully saturated rings. The number of hydrogen-bond acceptors (Lipinski definition) is 2. The van der Waals surface area contributed by atoms with Crippen molar-refractivity contribution in [3.05, 3.63) is 24.7 Å². The smallest absolute Gasteiger partial charge is 0.249 e. The molecule has 0 aromatic carbocycles. The minimum atomic E-state index is -0.511. The van der Waals surface area contributed by atoms with Gasteiger partial charge < -0.3 is 9.47 Å². The van der Waals surface area contributed by atoms with E-state index >= 15 is 0 Å². The highest BCUT2D eigenvalue weighted by Gasteiger charge is 2.32. The van der Waals surface area contributed by atoms with E-state index < -0.39 is 5.79 Å². The van der Waals surface area contributed by atoms with Gasteiger partial charge in [0.15, 0.2) is 0 Å². The van der Waals surface area contributed by atoms with Crippen molar-refractivity contribution in [1.29, 1.82) is 0 Å². The van der Waals surface area contributed by atoms with Crippen LogP contribution in [-0.4, -0.2) is 5.79 Å². The van der Waals surface area contributed by atoms with E-state index in [0.29, 0.717) is 0 Å². The lowest BCUT2D eigenvalue weighted by Gasteiger charge is -2.33. The standard InChI is InChI=1S/C24H44O2/c1-22(2,3)18-20-25-24(26-21-19-23(4,5)6)16-14-12-10-8-7-9-11-13-15-17-24/h18-21H,7-17H2,1-6H3. The first-order valence-electron chi connectivity index (χ1n) is 10.8. The number of rotatable bonds is 4. The molecule has 0 aliphatic heterocycles. The van der Waals surface area contributed by atoms with Crippen LogP contribution in [0, 0.1) is 10.8 Å². The average molecular weight is 365 g/mol. The van der Waals surface area contributed by atoms with Crippen LogP contribution in [0.15, 0.2) is 24.7 Å². The van der Waals surface area contributed by atoms with Gasteiger partial charge in [-0.15, -0.1) is 0 Å². The zero-order valence-corrected chi connectivity index (χ0v) is 18.4. The topological polar surface area (TPSA) is 18.5 Å². The van der Waals surface area contributed by atoms with Crippen LogP contribution >= 0.6 is 0 Å². The molecule has 2 heteroatoms. The van der Waals surface area contributed by atoms with Gasteiger partial charge in [0.05, 0.1) is 12.5 Å². The molecular weight excluding hydrogens is 320 g/mol. The lowest BCUT2D eigenvalue weighted by Crippen LogP contribution is -2.33. The molecule has 0 saturated heterocycles. The van der Waals surface area contributed by atoms with E-state index in [-0.39, 0.29) is 10.8 Å². The van der Waals surface area contributed by atoms with E-state index in [2.05, 4.69) is 53.7 Å². The summed E-state index contributed by atoms with van der Waals surface area (Å²) < 4.78 is 12.6. The van der Waals surface area contributed by atoms with Crippen LogP contribution in [0.25, 0.3) is 0 Å². The minimum absolute atomic E-state index is 0.119. The summed E-state index contributed by atoms with van der Waals surface area (Å²) in [6.07, 6.45) is 21.7. The van der Waals surface area contributed by atoms with Gasteiger partial charge in [-0.25, -0.2) is 0 Å². The third-order valence-corrected chi connectivity index (χ3v) is 4.82. The lowest BCUT2D eigenvalue weighted by molar-refractivity contribution is -0.184. The maximum Gasteiger partial charge on any atom is 0.249 e. The van der Waals surface area contributed by atoms with Gasteiger partial charge in [0.25, 0.3) is 0 Å². The van der Waals surface area contributed by atoms with Crippen molar-refractivity contribution in [1.82, 2.24) is 0 Å². The summed E-state index contributed by atoms with van der Waals surface area (Å²) in [5, 5.41) is 0. The fraction of sp³-hybridized carbons (Fsp3) is 0.833. The Morgan fingerprint density at radius 2 is 0.846 bits per heavy atom. The molecule has 0 N–H and O–H groups in total. The van der Waals surface area contributed by atoms with Gasteiger partial charge in [-0.05, 0) is 35.8 Å². The molecular formula is C24H44O2. The van der Waals surface area contributed by atoms with Gasteiger partial charge in [-0.2, -0.15) is 0 Å². The van der Waals surface area contributed by atoms with Crippen LogP contribution in [0.5, 0.6) is 0 Å². The highest BCUT2D eigenvalue weighted by Crippen LogP contribution is 2.31. The van der Waals surface area contributed by atoms with Crippen molar-refractivity contribution >= 4 is 0 Å². The highest BCUT2D eigenvalue weighted by molar-refractivity contribution is 4.91. The summed E-state index contributed by atoms with van der Waals surface area (Å²) in [5.41, 5.74) is 0.238. The van der Waals surface area contributed by atoms with Crippen molar-refractivity contribution in [2.45, 2.75) is 118 Å². The largest absolute Gasteiger partial charge is 0.460 e. The first kappa shape index (κ1) is 23.1. The van der Waals surface area contributed by atoms with Gasteiger partial charge >= 0.3 is 0 Å². The van der Waals surface area contributed by atoms with Crippen LogP contribution < -0.4 is 0 Å². The van der Waals surface area contributed by atoms with E-state index in [9.17, 15) is 0 Å². The zero-order valence-electron chi connectivity index (χ0n) is 18.4. The number of allylic oxidation sites excluding steroid dienone is 2. The second kappa shape index (κ2) is 11.0. The molecule has 0 aromatic heterocycles. The summed E-state index contributed by atoms with van der Waals surface area (Å²) in [4.78, 5) is 0. The van der Waals surface area contributed by atoms with Crippen LogP contribution in [0.3, 0.4) is 0 Å². The third kappa shape index (κ3) is 11.6. The molecule has 0 radical (unpaired) electrons. The fourth-order valence-electron chi connectivity index (χ4n) is 3.14. The molecule has 0 atom stereocenters. The van der Waals surface area contributed by atoms with Crippen molar-refractivity contribution in [2.75, 3.05) is 0 Å². The van der Waals surface area contributed by atoms with Crippen LogP contribution in [-0.2, 0) is 9.47 Å². The molecule has 0 aromatic rings. The molecule has 1 saturated carbocycles. The van der Waals surface area contributed by atoms with Gasteiger partial charge in [-0.3, -0.25) is 0 Å². The monoisotopic (exact) mass is 364 g/mol. The minimum Gasteiger partial charge on any atom is -0.460 e. The SMILES string of the molecule is CC(C)(C)C=COC1(OC=CC(C)(C)C)CCCCCCCCCCC1. The summed E-state index contributed by atoms with van der Waals surface area (Å²) in [6, 6.07) is 0. The Hall–Kier alpha value is -0.920. The molecule has 0 bridgehead atoms. The maximum absolute atomic E-state index is 6.31. The Morgan fingerprint density at radius 3 is 1.15 bits per heavy atom. The highest BCUT2D eigenvalue weighted by atomic mass is 16.7. The Kier molecular flexibility index (Phi) is 9.82. The van der Waals surface area contributed by atoms with E-state index in [1.54, 1.807) is 0 Å². The molecule has 0 unspecified atom stereocenters. The second-order valence-corrected chi connectivity index (χ2v) is 10.2. The Balaban J connectivity index is 2.87. The van der Waals surface area contributed by atoms with Crippen LogP contribution in [0.2, 0.25) is 0 Å². The molecule has 1 aliphatic carbocycles. The predicted molar refractivity (Wildman–Crippen MR) is 113 cm³/mol. The fourth-order valence-corrected chi connectivity index (χ4v) is 3.14. The summed E-state index contributed by atoms with van der Waals surface area (Å²) in [5.74, 6) is -0.511. The average Bonchev–Trinajstić information content (AvgIpc) is 2.48. The molecule has 1 rings (SSSR count). The quantitative estimate of drug-likeness (QED) is 0.370. The molecule has 0 heterocycles. The van der Waals surface area contributed by atoms with Crippen LogP contribution in [0.4, 0.5) is 0 Å². The first-order chi connectivity index (χ1) is 12.1. The molecule has 0 amide bonds. The third-order valence-electron chi connectivity index (χ3n) is 4.82. The van der Waals surface area contributed by atoms with E-state index in [4.69, 9.17) is 9.47 Å². The lowest BCUT2D eigenvalue weighted by atomic mass is 9.96. The number of hydrogen-bond donors (Lipinski definition) is 0. The molecule has 2 nitrogen and oxygen atoms in total. The molecule has 1 aliphatic rings. The summed E-state index contributed by atoms with van der Waals surface area (Å²) >= 11 is 0. The van der Waals surface area contributed by atoms with Crippen molar-refractivity contribution in [3.63, 3.8) is 0 Å². The number of ether oxygens (including phenoxy) is 2. The van der Waals surface area contributed by atoms with Crippen molar-refractivity contribution < 1.29 is 9.47 Å². The van der Waals surface area contributed by atoms with E-state index in [0.717, 1.165) is 12.8 Å². The molecule has 0 spiro atoms. The Morgan fingerprint density at radius 1 is 0.538 bits per heavy atom.